The summed E-state index contributed by atoms with van der Waals surface area (Å²) in [6, 6.07) is 5.10. The number of rotatable bonds is 7. The molecule has 0 unspecified atom stereocenters. The van der Waals surface area contributed by atoms with Gasteiger partial charge in [-0.2, -0.15) is 13.2 Å². The highest BCUT2D eigenvalue weighted by Gasteiger charge is 2.30. The maximum atomic E-state index is 12.8. The van der Waals surface area contributed by atoms with Gasteiger partial charge in [0.2, 0.25) is 5.91 Å². The third-order valence-electron chi connectivity index (χ3n) is 3.85. The number of benzene rings is 1. The van der Waals surface area contributed by atoms with Crippen molar-refractivity contribution in [3.63, 3.8) is 0 Å². The van der Waals surface area contributed by atoms with Gasteiger partial charge in [0.05, 0.1) is 18.7 Å². The minimum Gasteiger partial charge on any atom is -0.357 e. The molecule has 0 atom stereocenters. The molecule has 146 valence electrons. The second-order valence-corrected chi connectivity index (χ2v) is 5.79. The van der Waals surface area contributed by atoms with E-state index >= 15 is 0 Å². The molecule has 26 heavy (non-hydrogen) atoms. The predicted octanol–water partition coefficient (Wildman–Crippen LogP) is 2.97. The Labute approximate surface area is 152 Å². The molecule has 1 aromatic rings. The van der Waals surface area contributed by atoms with E-state index in [9.17, 15) is 18.0 Å². The fourth-order valence-electron chi connectivity index (χ4n) is 2.44. The van der Waals surface area contributed by atoms with Crippen LogP contribution in [0.1, 0.15) is 31.9 Å². The first-order valence-electron chi connectivity index (χ1n) is 8.66. The Balaban J connectivity index is 2.87. The highest BCUT2D eigenvalue weighted by Crippen LogP contribution is 2.29. The Morgan fingerprint density at radius 2 is 1.85 bits per heavy atom. The monoisotopic (exact) mass is 372 g/mol. The van der Waals surface area contributed by atoms with Crippen molar-refractivity contribution >= 4 is 11.9 Å². The molecule has 8 heteroatoms. The van der Waals surface area contributed by atoms with Gasteiger partial charge in [0.25, 0.3) is 0 Å². The van der Waals surface area contributed by atoms with Crippen molar-refractivity contribution in [1.82, 2.24) is 15.1 Å². The van der Waals surface area contributed by atoms with Gasteiger partial charge in [0.1, 0.15) is 0 Å². The molecular formula is C18H27F3N4O. The van der Waals surface area contributed by atoms with Crippen LogP contribution >= 0.6 is 0 Å². The van der Waals surface area contributed by atoms with Gasteiger partial charge < -0.3 is 15.1 Å². The average Bonchev–Trinajstić information content (AvgIpc) is 2.59. The summed E-state index contributed by atoms with van der Waals surface area (Å²) in [5.74, 6) is 0.451. The quantitative estimate of drug-likeness (QED) is 0.591. The van der Waals surface area contributed by atoms with Gasteiger partial charge in [-0.25, -0.2) is 4.99 Å². The minimum atomic E-state index is -4.38. The summed E-state index contributed by atoms with van der Waals surface area (Å²) >= 11 is 0. The predicted molar refractivity (Wildman–Crippen MR) is 96.8 cm³/mol. The number of likely N-dealkylation sites (N-methyl/N-ethyl adjacent to an activating group) is 2. The number of halogens is 3. The summed E-state index contributed by atoms with van der Waals surface area (Å²) in [6.07, 6.45) is -4.38. The van der Waals surface area contributed by atoms with Crippen LogP contribution in [0, 0.1) is 0 Å². The van der Waals surface area contributed by atoms with Gasteiger partial charge in [0, 0.05) is 26.7 Å². The molecule has 0 heterocycles. The number of hydrogen-bond acceptors (Lipinski definition) is 2. The largest absolute Gasteiger partial charge is 0.416 e. The van der Waals surface area contributed by atoms with Gasteiger partial charge >= 0.3 is 6.18 Å². The van der Waals surface area contributed by atoms with Gasteiger partial charge in [-0.1, -0.05) is 12.1 Å². The van der Waals surface area contributed by atoms with Gasteiger partial charge in [-0.3, -0.25) is 4.79 Å². The zero-order chi connectivity index (χ0) is 19.7. The highest BCUT2D eigenvalue weighted by molar-refractivity contribution is 5.86. The molecule has 5 nitrogen and oxygen atoms in total. The topological polar surface area (TPSA) is 47.9 Å². The van der Waals surface area contributed by atoms with Gasteiger partial charge in [-0.15, -0.1) is 0 Å². The molecular weight excluding hydrogens is 345 g/mol. The Hall–Kier alpha value is -2.25. The van der Waals surface area contributed by atoms with E-state index in [1.165, 1.54) is 6.07 Å². The number of amides is 1. The van der Waals surface area contributed by atoms with Crippen molar-refractivity contribution in [2.75, 3.05) is 33.2 Å². The molecule has 1 amide bonds. The van der Waals surface area contributed by atoms with Gasteiger partial charge in [-0.05, 0) is 38.5 Å². The van der Waals surface area contributed by atoms with Crippen LogP contribution in [0.3, 0.4) is 0 Å². The van der Waals surface area contributed by atoms with E-state index in [-0.39, 0.29) is 19.0 Å². The molecule has 0 radical (unpaired) electrons. The molecule has 0 aromatic heterocycles. The summed E-state index contributed by atoms with van der Waals surface area (Å²) in [5, 5.41) is 3.06. The van der Waals surface area contributed by atoms with E-state index in [1.807, 2.05) is 20.8 Å². The van der Waals surface area contributed by atoms with Crippen molar-refractivity contribution in [1.29, 1.82) is 0 Å². The highest BCUT2D eigenvalue weighted by atomic mass is 19.4. The third-order valence-corrected chi connectivity index (χ3v) is 3.85. The SMILES string of the molecule is CCNC(=NCc1cccc(C(F)(F)F)c1)N(C)CC(=O)N(CC)CC. The van der Waals surface area contributed by atoms with Crippen LogP contribution in [0.5, 0.6) is 0 Å². The molecule has 1 rings (SSSR count). The van der Waals surface area contributed by atoms with Crippen molar-refractivity contribution < 1.29 is 18.0 Å². The molecule has 0 bridgehead atoms. The lowest BCUT2D eigenvalue weighted by molar-refractivity contribution is -0.137. The van der Waals surface area contributed by atoms with Crippen LogP contribution in [0.4, 0.5) is 13.2 Å². The van der Waals surface area contributed by atoms with Crippen molar-refractivity contribution in [3.05, 3.63) is 35.4 Å². The normalized spacial score (nSPS) is 12.0. The molecule has 0 saturated carbocycles. The number of carbonyl (C=O) groups excluding carboxylic acids is 1. The second-order valence-electron chi connectivity index (χ2n) is 5.79. The fourth-order valence-corrected chi connectivity index (χ4v) is 2.44. The van der Waals surface area contributed by atoms with Crippen LogP contribution in [-0.2, 0) is 17.5 Å². The summed E-state index contributed by atoms with van der Waals surface area (Å²) < 4.78 is 38.4. The molecule has 1 aromatic carbocycles. The van der Waals surface area contributed by atoms with Crippen molar-refractivity contribution in [3.8, 4) is 0 Å². The Morgan fingerprint density at radius 3 is 2.38 bits per heavy atom. The van der Waals surface area contributed by atoms with E-state index in [0.29, 0.717) is 31.2 Å². The van der Waals surface area contributed by atoms with E-state index in [2.05, 4.69) is 10.3 Å². The third kappa shape index (κ3) is 6.57. The number of nitrogens with zero attached hydrogens (tertiary/aromatic N) is 3. The number of hydrogen-bond donors (Lipinski definition) is 1. The zero-order valence-corrected chi connectivity index (χ0v) is 15.7. The maximum Gasteiger partial charge on any atom is 0.416 e. The Kier molecular flexibility index (Phi) is 8.41. The summed E-state index contributed by atoms with van der Waals surface area (Å²) in [4.78, 5) is 20.0. The van der Waals surface area contributed by atoms with E-state index < -0.39 is 11.7 Å². The Morgan fingerprint density at radius 1 is 1.19 bits per heavy atom. The molecule has 0 saturated heterocycles. The number of nitrogens with one attached hydrogen (secondary N) is 1. The van der Waals surface area contributed by atoms with Crippen LogP contribution in [0.25, 0.3) is 0 Å². The molecule has 0 aliphatic carbocycles. The zero-order valence-electron chi connectivity index (χ0n) is 15.7. The van der Waals surface area contributed by atoms with E-state index in [1.54, 1.807) is 22.9 Å². The fraction of sp³-hybridized carbons (Fsp3) is 0.556. The number of guanidine groups is 1. The lowest BCUT2D eigenvalue weighted by Gasteiger charge is -2.25. The first-order valence-corrected chi connectivity index (χ1v) is 8.66. The molecule has 0 aliphatic rings. The molecule has 0 fully saturated rings. The molecule has 1 N–H and O–H groups in total. The summed E-state index contributed by atoms with van der Waals surface area (Å²) in [5.41, 5.74) is -0.237. The lowest BCUT2D eigenvalue weighted by Crippen LogP contribution is -2.45. The second kappa shape index (κ2) is 10.0. The van der Waals surface area contributed by atoms with Crippen molar-refractivity contribution in [2.45, 2.75) is 33.5 Å². The first kappa shape index (κ1) is 21.8. The standard InChI is InChI=1S/C18H27F3N4O/c1-5-22-17(24(4)13-16(26)25(6-2)7-3)23-12-14-9-8-10-15(11-14)18(19,20)21/h8-11H,5-7,12-13H2,1-4H3,(H,22,23). The Bertz CT molecular complexity index is 613. The molecule has 0 spiro atoms. The van der Waals surface area contributed by atoms with Crippen molar-refractivity contribution in [2.24, 2.45) is 4.99 Å². The van der Waals surface area contributed by atoms with Gasteiger partial charge in [0.15, 0.2) is 5.96 Å². The smallest absolute Gasteiger partial charge is 0.357 e. The van der Waals surface area contributed by atoms with Crippen LogP contribution in [0.15, 0.2) is 29.3 Å². The first-order chi connectivity index (χ1) is 12.2. The van der Waals surface area contributed by atoms with Crippen LogP contribution in [-0.4, -0.2) is 54.9 Å². The lowest BCUT2D eigenvalue weighted by atomic mass is 10.1. The van der Waals surface area contributed by atoms with Crippen LogP contribution in [0.2, 0.25) is 0 Å². The summed E-state index contributed by atoms with van der Waals surface area (Å²) in [6.45, 7) is 7.79. The molecule has 0 aliphatic heterocycles. The van der Waals surface area contributed by atoms with E-state index in [4.69, 9.17) is 0 Å². The minimum absolute atomic E-state index is 0.0258. The number of aliphatic imine (C=N–C) groups is 1. The number of alkyl halides is 3. The maximum absolute atomic E-state index is 12.8. The number of carbonyl (C=O) groups is 1. The average molecular weight is 372 g/mol. The summed E-state index contributed by atoms with van der Waals surface area (Å²) in [7, 11) is 1.73. The van der Waals surface area contributed by atoms with E-state index in [0.717, 1.165) is 12.1 Å². The van der Waals surface area contributed by atoms with Crippen LogP contribution < -0.4 is 5.32 Å².